The van der Waals surface area contributed by atoms with Crippen molar-refractivity contribution in [3.8, 4) is 11.1 Å². The molecule has 4 aromatic rings. The van der Waals surface area contributed by atoms with Crippen LogP contribution in [0.15, 0.2) is 72.8 Å². The fraction of sp³-hybridized carbons (Fsp3) is 0.217. The summed E-state index contributed by atoms with van der Waals surface area (Å²) in [5.74, 6) is 0.416. The van der Waals surface area contributed by atoms with Gasteiger partial charge in [-0.3, -0.25) is 0 Å². The van der Waals surface area contributed by atoms with Crippen LogP contribution < -0.4 is 5.73 Å². The van der Waals surface area contributed by atoms with Gasteiger partial charge >= 0.3 is 0 Å². The van der Waals surface area contributed by atoms with Gasteiger partial charge in [0, 0.05) is 10.8 Å². The summed E-state index contributed by atoms with van der Waals surface area (Å²) in [7, 11) is 0. The first kappa shape index (κ1) is 15.9. The predicted molar refractivity (Wildman–Crippen MR) is 108 cm³/mol. The van der Waals surface area contributed by atoms with E-state index in [4.69, 9.17) is 5.73 Å². The molecule has 1 heterocycles. The largest absolute Gasteiger partial charge is 0.324 e. The first-order valence-electron chi connectivity index (χ1n) is 9.05. The molecule has 1 aromatic heterocycles. The number of nitrogens with two attached hydrogens (primary N) is 1. The van der Waals surface area contributed by atoms with E-state index in [2.05, 4.69) is 91.2 Å². The molecule has 126 valence electrons. The monoisotopic (exact) mass is 328 g/mol. The Bertz CT molecular complexity index is 1010. The van der Waals surface area contributed by atoms with Crippen LogP contribution in [0.25, 0.3) is 32.9 Å². The summed E-state index contributed by atoms with van der Waals surface area (Å²) in [5, 5.41) is 2.57. The highest BCUT2D eigenvalue weighted by molar-refractivity contribution is 6.14. The summed E-state index contributed by atoms with van der Waals surface area (Å²) in [6.07, 6.45) is 1.03. The molecule has 0 aliphatic heterocycles. The first-order chi connectivity index (χ1) is 12.2. The second-order valence-electron chi connectivity index (χ2n) is 6.83. The van der Waals surface area contributed by atoms with E-state index < -0.39 is 0 Å². The maximum Gasteiger partial charge on any atom is 0.0846 e. The van der Waals surface area contributed by atoms with Crippen LogP contribution in [-0.2, 0) is 0 Å². The molecule has 25 heavy (non-hydrogen) atoms. The Balaban J connectivity index is 2.10. The molecule has 0 bridgehead atoms. The number of aromatic nitrogens is 1. The summed E-state index contributed by atoms with van der Waals surface area (Å²) in [6, 6.07) is 25.8. The lowest BCUT2D eigenvalue weighted by atomic mass is 9.99. The zero-order valence-electron chi connectivity index (χ0n) is 14.8. The van der Waals surface area contributed by atoms with E-state index in [-0.39, 0.29) is 6.17 Å². The SMILES string of the molecule is CCC(C)C(N)n1c2ccccc2c2c(-c3ccccc3)cccc21. The quantitative estimate of drug-likeness (QED) is 0.492. The lowest BCUT2D eigenvalue weighted by molar-refractivity contribution is 0.369. The fourth-order valence-electron chi connectivity index (χ4n) is 3.72. The smallest absolute Gasteiger partial charge is 0.0846 e. The summed E-state index contributed by atoms with van der Waals surface area (Å²) in [4.78, 5) is 0. The van der Waals surface area contributed by atoms with Gasteiger partial charge in [-0.25, -0.2) is 0 Å². The molecule has 3 aromatic carbocycles. The van der Waals surface area contributed by atoms with E-state index in [0.29, 0.717) is 5.92 Å². The van der Waals surface area contributed by atoms with Gasteiger partial charge in [0.25, 0.3) is 0 Å². The Morgan fingerprint density at radius 3 is 2.28 bits per heavy atom. The molecule has 0 radical (unpaired) electrons. The molecule has 4 rings (SSSR count). The number of para-hydroxylation sites is 1. The van der Waals surface area contributed by atoms with E-state index >= 15 is 0 Å². The molecule has 2 nitrogen and oxygen atoms in total. The molecule has 2 heteroatoms. The van der Waals surface area contributed by atoms with Gasteiger partial charge in [-0.15, -0.1) is 0 Å². The number of benzene rings is 3. The number of rotatable bonds is 4. The summed E-state index contributed by atoms with van der Waals surface area (Å²) in [6.45, 7) is 4.43. The van der Waals surface area contributed by atoms with E-state index in [1.165, 1.54) is 32.9 Å². The van der Waals surface area contributed by atoms with Crippen molar-refractivity contribution >= 4 is 21.8 Å². The third-order valence-electron chi connectivity index (χ3n) is 5.34. The van der Waals surface area contributed by atoms with E-state index in [1.54, 1.807) is 0 Å². The topological polar surface area (TPSA) is 30.9 Å². The zero-order valence-corrected chi connectivity index (χ0v) is 14.8. The van der Waals surface area contributed by atoms with E-state index in [0.717, 1.165) is 6.42 Å². The van der Waals surface area contributed by atoms with Gasteiger partial charge < -0.3 is 10.3 Å². The van der Waals surface area contributed by atoms with Crippen LogP contribution in [0.3, 0.4) is 0 Å². The van der Waals surface area contributed by atoms with Gasteiger partial charge in [0.2, 0.25) is 0 Å². The molecule has 0 amide bonds. The lowest BCUT2D eigenvalue weighted by Crippen LogP contribution is -2.25. The average molecular weight is 328 g/mol. The van der Waals surface area contributed by atoms with Crippen LogP contribution in [0.5, 0.6) is 0 Å². The lowest BCUT2D eigenvalue weighted by Gasteiger charge is -2.22. The van der Waals surface area contributed by atoms with Crippen LogP contribution >= 0.6 is 0 Å². The van der Waals surface area contributed by atoms with Gasteiger partial charge in [-0.1, -0.05) is 80.9 Å². The Labute approximate surface area is 148 Å². The van der Waals surface area contributed by atoms with Crippen LogP contribution in [0.4, 0.5) is 0 Å². The fourth-order valence-corrected chi connectivity index (χ4v) is 3.72. The Hall–Kier alpha value is -2.58. The maximum absolute atomic E-state index is 6.68. The molecule has 2 N–H and O–H groups in total. The molecular formula is C23H24N2. The Morgan fingerprint density at radius 2 is 1.52 bits per heavy atom. The second kappa shape index (κ2) is 6.38. The van der Waals surface area contributed by atoms with Crippen molar-refractivity contribution in [2.24, 2.45) is 11.7 Å². The van der Waals surface area contributed by atoms with Gasteiger partial charge in [-0.05, 0) is 29.2 Å². The standard InChI is InChI=1S/C23H24N2/c1-3-16(2)23(24)25-20-14-8-7-12-19(20)22-18(13-9-15-21(22)25)17-10-5-4-6-11-17/h4-16,23H,3,24H2,1-2H3. The molecule has 0 fully saturated rings. The minimum absolute atomic E-state index is 0.0292. The van der Waals surface area contributed by atoms with Crippen LogP contribution in [0.2, 0.25) is 0 Å². The third kappa shape index (κ3) is 2.54. The molecule has 0 saturated heterocycles. The highest BCUT2D eigenvalue weighted by atomic mass is 15.1. The van der Waals surface area contributed by atoms with Crippen molar-refractivity contribution in [2.45, 2.75) is 26.4 Å². The Kier molecular flexibility index (Phi) is 4.06. The minimum atomic E-state index is -0.0292. The van der Waals surface area contributed by atoms with Crippen molar-refractivity contribution in [2.75, 3.05) is 0 Å². The molecule has 2 atom stereocenters. The summed E-state index contributed by atoms with van der Waals surface area (Å²) >= 11 is 0. The van der Waals surface area contributed by atoms with Crippen LogP contribution in [0.1, 0.15) is 26.4 Å². The average Bonchev–Trinajstić information content (AvgIpc) is 3.02. The van der Waals surface area contributed by atoms with Gasteiger partial charge in [-0.2, -0.15) is 0 Å². The third-order valence-corrected chi connectivity index (χ3v) is 5.34. The highest BCUT2D eigenvalue weighted by Gasteiger charge is 2.20. The normalized spacial score (nSPS) is 14.0. The number of fused-ring (bicyclic) bond motifs is 3. The minimum Gasteiger partial charge on any atom is -0.324 e. The van der Waals surface area contributed by atoms with Gasteiger partial charge in [0.15, 0.2) is 0 Å². The van der Waals surface area contributed by atoms with Crippen molar-refractivity contribution < 1.29 is 0 Å². The van der Waals surface area contributed by atoms with Crippen molar-refractivity contribution in [3.63, 3.8) is 0 Å². The number of nitrogens with zero attached hydrogens (tertiary/aromatic N) is 1. The second-order valence-corrected chi connectivity index (χ2v) is 6.83. The van der Waals surface area contributed by atoms with Gasteiger partial charge in [0.1, 0.15) is 0 Å². The number of hydrogen-bond acceptors (Lipinski definition) is 1. The van der Waals surface area contributed by atoms with Crippen LogP contribution in [0, 0.1) is 5.92 Å². The molecule has 0 spiro atoms. The maximum atomic E-state index is 6.68. The summed E-state index contributed by atoms with van der Waals surface area (Å²) in [5.41, 5.74) is 11.6. The first-order valence-corrected chi connectivity index (χ1v) is 9.05. The highest BCUT2D eigenvalue weighted by Crippen LogP contribution is 2.38. The van der Waals surface area contributed by atoms with Crippen molar-refractivity contribution in [1.82, 2.24) is 4.57 Å². The predicted octanol–water partition coefficient (Wildman–Crippen LogP) is 5.96. The molecular weight excluding hydrogens is 304 g/mol. The molecule has 2 unspecified atom stereocenters. The van der Waals surface area contributed by atoms with Crippen LogP contribution in [-0.4, -0.2) is 4.57 Å². The van der Waals surface area contributed by atoms with Gasteiger partial charge in [0.05, 0.1) is 17.2 Å². The van der Waals surface area contributed by atoms with E-state index in [1.807, 2.05) is 0 Å². The zero-order chi connectivity index (χ0) is 17.4. The molecule has 0 saturated carbocycles. The molecule has 0 aliphatic rings. The van der Waals surface area contributed by atoms with Crippen molar-refractivity contribution in [1.29, 1.82) is 0 Å². The summed E-state index contributed by atoms with van der Waals surface area (Å²) < 4.78 is 2.32. The Morgan fingerprint density at radius 1 is 0.840 bits per heavy atom. The van der Waals surface area contributed by atoms with Crippen molar-refractivity contribution in [3.05, 3.63) is 72.8 Å². The molecule has 0 aliphatic carbocycles. The van der Waals surface area contributed by atoms with E-state index in [9.17, 15) is 0 Å². The number of hydrogen-bond donors (Lipinski definition) is 1.